The topological polar surface area (TPSA) is 108 Å². The molecule has 1 N–H and O–H groups in total. The van der Waals surface area contributed by atoms with E-state index in [0.717, 1.165) is 0 Å². The summed E-state index contributed by atoms with van der Waals surface area (Å²) in [4.78, 5) is 37.6. The van der Waals surface area contributed by atoms with Crippen molar-refractivity contribution in [1.29, 1.82) is 0 Å². The zero-order valence-corrected chi connectivity index (χ0v) is 20.6. The smallest absolute Gasteiger partial charge is 0.338 e. The highest BCUT2D eigenvalue weighted by Gasteiger charge is 2.81. The summed E-state index contributed by atoms with van der Waals surface area (Å²) in [5.41, 5.74) is -2.93. The van der Waals surface area contributed by atoms with Gasteiger partial charge < -0.3 is 24.1 Å². The van der Waals surface area contributed by atoms with Crippen LogP contribution in [-0.4, -0.2) is 58.6 Å². The largest absolute Gasteiger partial charge is 0.462 e. The lowest BCUT2D eigenvalue weighted by molar-refractivity contribution is -0.296. The number of fused-ring (bicyclic) bond motifs is 1. The lowest BCUT2D eigenvalue weighted by atomic mass is 9.48. The number of aliphatic hydroxyl groups is 1. The van der Waals surface area contributed by atoms with Crippen LogP contribution in [0.3, 0.4) is 0 Å². The summed E-state index contributed by atoms with van der Waals surface area (Å²) in [7, 11) is 0. The molecule has 1 spiro atoms. The monoisotopic (exact) mass is 474 g/mol. The lowest BCUT2D eigenvalue weighted by Crippen LogP contribution is -2.76. The Kier molecular flexibility index (Phi) is 6.05. The van der Waals surface area contributed by atoms with Gasteiger partial charge >= 0.3 is 17.9 Å². The van der Waals surface area contributed by atoms with Gasteiger partial charge in [0.2, 0.25) is 0 Å². The highest BCUT2D eigenvalue weighted by molar-refractivity contribution is 5.89. The second-order valence-electron chi connectivity index (χ2n) is 10.6. The molecule has 0 radical (unpaired) electrons. The first-order valence-corrected chi connectivity index (χ1v) is 11.8. The Balaban J connectivity index is 1.91. The second-order valence-corrected chi connectivity index (χ2v) is 10.6. The minimum Gasteiger partial charge on any atom is -0.462 e. The van der Waals surface area contributed by atoms with E-state index in [-0.39, 0.29) is 5.92 Å². The molecular weight excluding hydrogens is 440 g/mol. The number of ether oxygens (including phenoxy) is 4. The fraction of sp³-hybridized carbons (Fsp3) is 0.654. The molecule has 1 saturated heterocycles. The summed E-state index contributed by atoms with van der Waals surface area (Å²) in [5, 5.41) is 11.8. The second kappa shape index (κ2) is 8.34. The summed E-state index contributed by atoms with van der Waals surface area (Å²) in [5.74, 6) is -2.43. The maximum absolute atomic E-state index is 13.3. The van der Waals surface area contributed by atoms with E-state index >= 15 is 0 Å². The van der Waals surface area contributed by atoms with Gasteiger partial charge in [-0.1, -0.05) is 25.1 Å². The van der Waals surface area contributed by atoms with E-state index in [4.69, 9.17) is 18.9 Å². The van der Waals surface area contributed by atoms with E-state index in [1.807, 2.05) is 27.7 Å². The molecule has 8 heteroatoms. The summed E-state index contributed by atoms with van der Waals surface area (Å²) < 4.78 is 24.4. The Morgan fingerprint density at radius 3 is 2.18 bits per heavy atom. The van der Waals surface area contributed by atoms with Crippen molar-refractivity contribution in [1.82, 2.24) is 0 Å². The number of carbonyl (C=O) groups is 3. The molecule has 2 aliphatic carbocycles. The number of rotatable bonds is 4. The Morgan fingerprint density at radius 2 is 1.59 bits per heavy atom. The van der Waals surface area contributed by atoms with Crippen LogP contribution in [0, 0.1) is 17.3 Å². The molecule has 0 aromatic heterocycles. The van der Waals surface area contributed by atoms with Gasteiger partial charge in [0.1, 0.15) is 17.8 Å². The predicted octanol–water partition coefficient (Wildman–Crippen LogP) is 3.05. The van der Waals surface area contributed by atoms with Gasteiger partial charge in [-0.3, -0.25) is 9.59 Å². The third-order valence-electron chi connectivity index (χ3n) is 8.22. The van der Waals surface area contributed by atoms with Gasteiger partial charge in [-0.25, -0.2) is 4.79 Å². The normalized spacial score (nSPS) is 40.1. The van der Waals surface area contributed by atoms with Gasteiger partial charge in [-0.15, -0.1) is 0 Å². The van der Waals surface area contributed by atoms with Gasteiger partial charge in [-0.05, 0) is 51.7 Å². The highest BCUT2D eigenvalue weighted by Crippen LogP contribution is 2.67. The van der Waals surface area contributed by atoms with Crippen LogP contribution in [-0.2, 0) is 28.5 Å². The standard InChI is InChI=1S/C26H34O8/c1-14-12-13-18(31-15(2)27)25(6)22(33-23(30)17-10-8-7-9-11-17)20(32-16(3)28)19-21(29)26(14,25)34-24(19,4)5/h7-11,14,18-22,29H,12-13H2,1-6H3/t14-,18+,19-,20+,21-,22+,25+,26-/m1/s1. The maximum atomic E-state index is 13.3. The van der Waals surface area contributed by atoms with Crippen molar-refractivity contribution in [2.45, 2.75) is 90.0 Å². The average Bonchev–Trinajstić information content (AvgIpc) is 2.93. The van der Waals surface area contributed by atoms with E-state index in [9.17, 15) is 19.5 Å². The Hall–Kier alpha value is -2.45. The van der Waals surface area contributed by atoms with Crippen molar-refractivity contribution in [3.63, 3.8) is 0 Å². The number of aliphatic hydroxyl groups excluding tert-OH is 1. The van der Waals surface area contributed by atoms with Crippen molar-refractivity contribution >= 4 is 17.9 Å². The van der Waals surface area contributed by atoms with Crippen LogP contribution in [0.15, 0.2) is 30.3 Å². The lowest BCUT2D eigenvalue weighted by Gasteiger charge is -2.62. The zero-order chi connectivity index (χ0) is 25.1. The van der Waals surface area contributed by atoms with Crippen LogP contribution in [0.4, 0.5) is 0 Å². The Morgan fingerprint density at radius 1 is 0.971 bits per heavy atom. The van der Waals surface area contributed by atoms with E-state index < -0.39 is 64.9 Å². The molecule has 0 amide bonds. The summed E-state index contributed by atoms with van der Waals surface area (Å²) in [6.07, 6.45) is -2.64. The number of hydrogen-bond acceptors (Lipinski definition) is 8. The molecule has 3 aliphatic rings. The van der Waals surface area contributed by atoms with Gasteiger partial charge in [0.05, 0.1) is 28.6 Å². The van der Waals surface area contributed by atoms with E-state index in [0.29, 0.717) is 18.4 Å². The van der Waals surface area contributed by atoms with Crippen molar-refractivity contribution in [2.75, 3.05) is 0 Å². The SMILES string of the molecule is CC(=O)O[C@H]1[C@@H]2[C@@H](O)[C@]3(OC2(C)C)[C@H](C)CC[C@H](OC(C)=O)[C@@]3(C)[C@H]1OC(=O)c1ccccc1. The first-order chi connectivity index (χ1) is 15.9. The molecule has 34 heavy (non-hydrogen) atoms. The number of esters is 3. The molecule has 186 valence electrons. The Bertz CT molecular complexity index is 974. The summed E-state index contributed by atoms with van der Waals surface area (Å²) in [6, 6.07) is 8.53. The number of benzene rings is 1. The molecule has 1 aromatic rings. The van der Waals surface area contributed by atoms with Crippen LogP contribution in [0.5, 0.6) is 0 Å². The van der Waals surface area contributed by atoms with E-state index in [1.165, 1.54) is 13.8 Å². The molecule has 2 saturated carbocycles. The molecule has 1 heterocycles. The van der Waals surface area contributed by atoms with E-state index in [2.05, 4.69) is 0 Å². The molecule has 8 nitrogen and oxygen atoms in total. The molecule has 0 unspecified atom stereocenters. The van der Waals surface area contributed by atoms with Gasteiger partial charge in [-0.2, -0.15) is 0 Å². The van der Waals surface area contributed by atoms with Crippen LogP contribution in [0.2, 0.25) is 0 Å². The zero-order valence-electron chi connectivity index (χ0n) is 20.6. The fourth-order valence-corrected chi connectivity index (χ4v) is 6.90. The molecule has 4 rings (SSSR count). The van der Waals surface area contributed by atoms with Gasteiger partial charge in [0.25, 0.3) is 0 Å². The van der Waals surface area contributed by atoms with Crippen LogP contribution >= 0.6 is 0 Å². The summed E-state index contributed by atoms with van der Waals surface area (Å²) >= 11 is 0. The molecule has 1 aromatic carbocycles. The fourth-order valence-electron chi connectivity index (χ4n) is 6.90. The van der Waals surface area contributed by atoms with Crippen LogP contribution in [0.1, 0.15) is 64.7 Å². The van der Waals surface area contributed by atoms with Gasteiger partial charge in [0.15, 0.2) is 6.10 Å². The maximum Gasteiger partial charge on any atom is 0.338 e. The van der Waals surface area contributed by atoms with Crippen molar-refractivity contribution in [2.24, 2.45) is 17.3 Å². The van der Waals surface area contributed by atoms with Gasteiger partial charge in [0, 0.05) is 13.8 Å². The minimum absolute atomic E-state index is 0.139. The van der Waals surface area contributed by atoms with Crippen molar-refractivity contribution in [3.8, 4) is 0 Å². The quantitative estimate of drug-likeness (QED) is 0.524. The third-order valence-corrected chi connectivity index (χ3v) is 8.22. The summed E-state index contributed by atoms with van der Waals surface area (Å²) in [6.45, 7) is 10.1. The first-order valence-electron chi connectivity index (χ1n) is 11.8. The first kappa shape index (κ1) is 24.7. The highest BCUT2D eigenvalue weighted by atomic mass is 16.6. The Labute approximate surface area is 199 Å². The van der Waals surface area contributed by atoms with E-state index in [1.54, 1.807) is 30.3 Å². The van der Waals surface area contributed by atoms with Crippen molar-refractivity contribution < 1.29 is 38.4 Å². The molecule has 8 atom stereocenters. The third kappa shape index (κ3) is 3.45. The number of carbonyl (C=O) groups excluding carboxylic acids is 3. The minimum atomic E-state index is -1.19. The molecule has 3 fully saturated rings. The predicted molar refractivity (Wildman–Crippen MR) is 121 cm³/mol. The molecule has 2 bridgehead atoms. The number of hydrogen-bond donors (Lipinski definition) is 1. The van der Waals surface area contributed by atoms with Crippen LogP contribution in [0.25, 0.3) is 0 Å². The molecular formula is C26H34O8. The average molecular weight is 475 g/mol. The van der Waals surface area contributed by atoms with Crippen molar-refractivity contribution in [3.05, 3.63) is 35.9 Å². The van der Waals surface area contributed by atoms with Crippen LogP contribution < -0.4 is 0 Å². The molecule has 1 aliphatic heterocycles.